The highest BCUT2D eigenvalue weighted by Crippen LogP contribution is 2.27. The monoisotopic (exact) mass is 440 g/mol. The maximum Gasteiger partial charge on any atom is 0.172 e. The summed E-state index contributed by atoms with van der Waals surface area (Å²) in [6.07, 6.45) is 6.34. The normalized spacial score (nSPS) is 13.2. The standard InChI is InChI=1S/C24H28N2O6/c1-31-23-13-15(5-11-21(23)29)3-9-19(27)17(25)7-8-18(26)20(28)10-4-16-6-12-22(30)24(14-16)32-2/h3-6,9-14,17-18,29-30H,7-8,25-26H2,1-2H3. The van der Waals surface area contributed by atoms with Gasteiger partial charge in [-0.15, -0.1) is 0 Å². The number of rotatable bonds is 11. The second-order valence-electron chi connectivity index (χ2n) is 7.12. The molecule has 0 saturated heterocycles. The molecule has 0 bridgehead atoms. The quantitative estimate of drug-likeness (QED) is 0.390. The highest BCUT2D eigenvalue weighted by atomic mass is 16.5. The van der Waals surface area contributed by atoms with Gasteiger partial charge in [-0.05, 0) is 60.4 Å². The molecule has 32 heavy (non-hydrogen) atoms. The number of nitrogens with two attached hydrogens (primary N) is 2. The van der Waals surface area contributed by atoms with Crippen LogP contribution in [0.1, 0.15) is 24.0 Å². The van der Waals surface area contributed by atoms with E-state index in [9.17, 15) is 19.8 Å². The van der Waals surface area contributed by atoms with Gasteiger partial charge in [0.2, 0.25) is 0 Å². The molecule has 0 aliphatic heterocycles. The maximum absolute atomic E-state index is 12.3. The molecule has 0 spiro atoms. The van der Waals surface area contributed by atoms with Crippen LogP contribution in [-0.2, 0) is 9.59 Å². The number of methoxy groups -OCH3 is 2. The van der Waals surface area contributed by atoms with Gasteiger partial charge in [-0.3, -0.25) is 9.59 Å². The molecule has 6 N–H and O–H groups in total. The van der Waals surface area contributed by atoms with Crippen LogP contribution in [0.4, 0.5) is 0 Å². The van der Waals surface area contributed by atoms with Crippen LogP contribution >= 0.6 is 0 Å². The smallest absolute Gasteiger partial charge is 0.172 e. The molecule has 0 aromatic heterocycles. The molecule has 2 unspecified atom stereocenters. The van der Waals surface area contributed by atoms with E-state index in [2.05, 4.69) is 0 Å². The van der Waals surface area contributed by atoms with Crippen molar-refractivity contribution in [1.82, 2.24) is 0 Å². The van der Waals surface area contributed by atoms with Crippen molar-refractivity contribution < 1.29 is 29.3 Å². The van der Waals surface area contributed by atoms with Crippen molar-refractivity contribution in [1.29, 1.82) is 0 Å². The molecule has 8 heteroatoms. The summed E-state index contributed by atoms with van der Waals surface area (Å²) in [5.41, 5.74) is 13.2. The van der Waals surface area contributed by atoms with Crippen LogP contribution in [0.5, 0.6) is 23.0 Å². The summed E-state index contributed by atoms with van der Waals surface area (Å²) in [7, 11) is 2.87. The number of hydrogen-bond acceptors (Lipinski definition) is 8. The van der Waals surface area contributed by atoms with Crippen LogP contribution in [0.25, 0.3) is 12.2 Å². The Hall–Kier alpha value is -3.62. The zero-order valence-electron chi connectivity index (χ0n) is 18.0. The minimum absolute atomic E-state index is 0.00457. The van der Waals surface area contributed by atoms with Gasteiger partial charge >= 0.3 is 0 Å². The molecule has 2 aromatic carbocycles. The summed E-state index contributed by atoms with van der Waals surface area (Å²) in [5.74, 6) is 0.000997. The number of ether oxygens (including phenoxy) is 2. The summed E-state index contributed by atoms with van der Waals surface area (Å²) in [6.45, 7) is 0. The molecule has 0 fully saturated rings. The Balaban J connectivity index is 1.87. The zero-order chi connectivity index (χ0) is 23.7. The molecule has 2 rings (SSSR count). The van der Waals surface area contributed by atoms with Gasteiger partial charge in [0, 0.05) is 0 Å². The van der Waals surface area contributed by atoms with Gasteiger partial charge in [-0.25, -0.2) is 0 Å². The second-order valence-corrected chi connectivity index (χ2v) is 7.12. The van der Waals surface area contributed by atoms with Crippen molar-refractivity contribution in [3.63, 3.8) is 0 Å². The fourth-order valence-corrected chi connectivity index (χ4v) is 2.84. The zero-order valence-corrected chi connectivity index (χ0v) is 18.0. The predicted octanol–water partition coefficient (Wildman–Crippen LogP) is 2.41. The van der Waals surface area contributed by atoms with E-state index < -0.39 is 12.1 Å². The van der Waals surface area contributed by atoms with Gasteiger partial charge in [0.15, 0.2) is 34.6 Å². The molecule has 0 saturated carbocycles. The number of benzene rings is 2. The van der Waals surface area contributed by atoms with Crippen LogP contribution in [0.2, 0.25) is 0 Å². The van der Waals surface area contributed by atoms with Crippen LogP contribution in [0.3, 0.4) is 0 Å². The Morgan fingerprint density at radius 3 is 1.53 bits per heavy atom. The minimum atomic E-state index is -0.797. The van der Waals surface area contributed by atoms with Crippen molar-refractivity contribution in [3.8, 4) is 23.0 Å². The third-order valence-electron chi connectivity index (χ3n) is 4.81. The van der Waals surface area contributed by atoms with Crippen molar-refractivity contribution in [2.24, 2.45) is 11.5 Å². The van der Waals surface area contributed by atoms with E-state index in [0.29, 0.717) is 22.6 Å². The third-order valence-corrected chi connectivity index (χ3v) is 4.81. The van der Waals surface area contributed by atoms with Crippen molar-refractivity contribution in [2.45, 2.75) is 24.9 Å². The average Bonchev–Trinajstić information content (AvgIpc) is 2.80. The van der Waals surface area contributed by atoms with Crippen LogP contribution in [0, 0.1) is 0 Å². The lowest BCUT2D eigenvalue weighted by Gasteiger charge is -2.12. The van der Waals surface area contributed by atoms with E-state index in [-0.39, 0.29) is 35.9 Å². The number of carbonyl (C=O) groups excluding carboxylic acids is 2. The fourth-order valence-electron chi connectivity index (χ4n) is 2.84. The molecular formula is C24H28N2O6. The lowest BCUT2D eigenvalue weighted by molar-refractivity contribution is -0.117. The van der Waals surface area contributed by atoms with Gasteiger partial charge in [-0.1, -0.05) is 24.3 Å². The number of phenolic OH excluding ortho intramolecular Hbond substituents is 2. The summed E-state index contributed by atoms with van der Waals surface area (Å²) < 4.78 is 10.1. The lowest BCUT2D eigenvalue weighted by Crippen LogP contribution is -2.34. The first-order valence-electron chi connectivity index (χ1n) is 9.94. The Kier molecular flexibility index (Phi) is 9.00. The Bertz CT molecular complexity index is 934. The van der Waals surface area contributed by atoms with E-state index in [1.807, 2.05) is 0 Å². The molecule has 0 aliphatic rings. The maximum atomic E-state index is 12.3. The average molecular weight is 440 g/mol. The van der Waals surface area contributed by atoms with Crippen LogP contribution < -0.4 is 20.9 Å². The SMILES string of the molecule is COc1cc(C=CC(=O)C(N)CCC(N)C(=O)C=Cc2ccc(O)c(OC)c2)ccc1O. The Morgan fingerprint density at radius 2 is 1.19 bits per heavy atom. The summed E-state index contributed by atoms with van der Waals surface area (Å²) >= 11 is 0. The van der Waals surface area contributed by atoms with Crippen molar-refractivity contribution >= 4 is 23.7 Å². The number of carbonyl (C=O) groups is 2. The topological polar surface area (TPSA) is 145 Å². The van der Waals surface area contributed by atoms with E-state index >= 15 is 0 Å². The molecule has 170 valence electrons. The van der Waals surface area contributed by atoms with Gasteiger partial charge < -0.3 is 31.2 Å². The number of aromatic hydroxyl groups is 2. The Morgan fingerprint density at radius 1 is 0.812 bits per heavy atom. The number of ketones is 2. The summed E-state index contributed by atoms with van der Waals surface area (Å²) in [6, 6.07) is 7.80. The lowest BCUT2D eigenvalue weighted by atomic mass is 10.00. The van der Waals surface area contributed by atoms with Crippen molar-refractivity contribution in [3.05, 3.63) is 59.7 Å². The Labute approximate surface area is 186 Å². The third kappa shape index (κ3) is 6.97. The molecule has 0 aliphatic carbocycles. The summed E-state index contributed by atoms with van der Waals surface area (Å²) in [5, 5.41) is 19.2. The van der Waals surface area contributed by atoms with Gasteiger partial charge in [0.1, 0.15) is 0 Å². The van der Waals surface area contributed by atoms with Crippen LogP contribution in [0.15, 0.2) is 48.6 Å². The van der Waals surface area contributed by atoms with E-state index in [4.69, 9.17) is 20.9 Å². The van der Waals surface area contributed by atoms with Crippen LogP contribution in [-0.4, -0.2) is 48.1 Å². The molecule has 0 radical (unpaired) electrons. The highest BCUT2D eigenvalue weighted by Gasteiger charge is 2.16. The van der Waals surface area contributed by atoms with E-state index in [1.165, 1.54) is 38.5 Å². The first kappa shape index (κ1) is 24.6. The summed E-state index contributed by atoms with van der Waals surface area (Å²) in [4.78, 5) is 24.5. The minimum Gasteiger partial charge on any atom is -0.504 e. The molecular weight excluding hydrogens is 412 g/mol. The molecule has 0 heterocycles. The highest BCUT2D eigenvalue weighted by molar-refractivity contribution is 5.98. The molecule has 8 nitrogen and oxygen atoms in total. The molecule has 0 amide bonds. The second kappa shape index (κ2) is 11.7. The van der Waals surface area contributed by atoms with E-state index in [1.54, 1.807) is 36.4 Å². The molecule has 2 aromatic rings. The van der Waals surface area contributed by atoms with Gasteiger partial charge in [0.05, 0.1) is 26.3 Å². The van der Waals surface area contributed by atoms with E-state index in [0.717, 1.165) is 0 Å². The first-order valence-corrected chi connectivity index (χ1v) is 9.94. The number of phenols is 2. The molecule has 2 atom stereocenters. The fraction of sp³-hybridized carbons (Fsp3) is 0.250. The van der Waals surface area contributed by atoms with Gasteiger partial charge in [0.25, 0.3) is 0 Å². The van der Waals surface area contributed by atoms with Gasteiger partial charge in [-0.2, -0.15) is 0 Å². The predicted molar refractivity (Wildman–Crippen MR) is 123 cm³/mol. The first-order chi connectivity index (χ1) is 15.2. The van der Waals surface area contributed by atoms with Crippen molar-refractivity contribution in [2.75, 3.05) is 14.2 Å². The number of hydrogen-bond donors (Lipinski definition) is 4. The largest absolute Gasteiger partial charge is 0.504 e.